The number of unbranched alkanes of at least 4 members (excludes halogenated alkanes) is 1. The van der Waals surface area contributed by atoms with Gasteiger partial charge >= 0.3 is 17.9 Å². The van der Waals surface area contributed by atoms with E-state index in [0.717, 1.165) is 16.6 Å². The fourth-order valence-electron chi connectivity index (χ4n) is 4.99. The van der Waals surface area contributed by atoms with Crippen LogP contribution in [0.1, 0.15) is 51.4 Å². The van der Waals surface area contributed by atoms with Crippen molar-refractivity contribution in [2.75, 3.05) is 6.61 Å². The van der Waals surface area contributed by atoms with Crippen molar-refractivity contribution in [2.24, 2.45) is 0 Å². The second-order valence-corrected chi connectivity index (χ2v) is 10.6. The van der Waals surface area contributed by atoms with Crippen molar-refractivity contribution in [3.8, 4) is 5.75 Å². The van der Waals surface area contributed by atoms with Gasteiger partial charge in [-0.15, -0.1) is 5.10 Å². The molecule has 1 saturated heterocycles. The van der Waals surface area contributed by atoms with E-state index in [1.165, 1.54) is 25.5 Å². The van der Waals surface area contributed by atoms with E-state index in [4.69, 9.17) is 28.8 Å². The van der Waals surface area contributed by atoms with E-state index in [9.17, 15) is 19.2 Å². The molecule has 15 nitrogen and oxygen atoms in total. The van der Waals surface area contributed by atoms with E-state index in [2.05, 4.69) is 20.6 Å². The summed E-state index contributed by atoms with van der Waals surface area (Å²) >= 11 is 0. The van der Waals surface area contributed by atoms with Gasteiger partial charge in [0, 0.05) is 44.9 Å². The number of pyridine rings is 1. The van der Waals surface area contributed by atoms with Gasteiger partial charge in [-0.05, 0) is 31.9 Å². The number of amides is 1. The number of carbonyl (C=O) groups is 4. The van der Waals surface area contributed by atoms with Crippen LogP contribution in [0.5, 0.6) is 5.75 Å². The molecule has 1 fully saturated rings. The zero-order valence-corrected chi connectivity index (χ0v) is 25.5. The summed E-state index contributed by atoms with van der Waals surface area (Å²) < 4.78 is 30.7. The number of nitrogens with zero attached hydrogens (tertiary/aromatic N) is 4. The Kier molecular flexibility index (Phi) is 11.4. The number of nitrogens with one attached hydrogen (secondary N) is 1. The van der Waals surface area contributed by atoms with Crippen molar-refractivity contribution in [1.29, 1.82) is 0 Å². The Morgan fingerprint density at radius 2 is 1.78 bits per heavy atom. The van der Waals surface area contributed by atoms with Gasteiger partial charge in [0.2, 0.25) is 5.91 Å². The topological polar surface area (TPSA) is 190 Å². The van der Waals surface area contributed by atoms with Gasteiger partial charge in [0.15, 0.2) is 18.5 Å². The summed E-state index contributed by atoms with van der Waals surface area (Å²) in [4.78, 5) is 51.9. The summed E-state index contributed by atoms with van der Waals surface area (Å²) in [7, 11) is 0. The van der Waals surface area contributed by atoms with E-state index < -0.39 is 54.5 Å². The average Bonchev–Trinajstić information content (AvgIpc) is 3.41. The number of ether oxygens (including phenoxy) is 5. The smallest absolute Gasteiger partial charge is 0.303 e. The molecule has 4 rings (SSSR count). The summed E-state index contributed by atoms with van der Waals surface area (Å²) in [5, 5.41) is 20.9. The van der Waals surface area contributed by atoms with Crippen molar-refractivity contribution >= 4 is 34.7 Å². The van der Waals surface area contributed by atoms with Crippen LogP contribution in [0.2, 0.25) is 0 Å². The molecule has 1 amide bonds. The predicted molar refractivity (Wildman–Crippen MR) is 156 cm³/mol. The number of esters is 2. The normalized spacial score (nSPS) is 21.2. The lowest BCUT2D eigenvalue weighted by molar-refractivity contribution is -0.274. The Labute approximate surface area is 259 Å². The minimum Gasteiger partial charge on any atom is -0.485 e. The molecule has 3 heterocycles. The van der Waals surface area contributed by atoms with Gasteiger partial charge in [0.25, 0.3) is 0 Å². The van der Waals surface area contributed by atoms with Gasteiger partial charge in [-0.3, -0.25) is 19.2 Å². The van der Waals surface area contributed by atoms with Crippen LogP contribution in [-0.4, -0.2) is 86.2 Å². The molecule has 2 N–H and O–H groups in total. The minimum absolute atomic E-state index is 0.00337. The van der Waals surface area contributed by atoms with E-state index >= 15 is 0 Å². The Morgan fingerprint density at radius 1 is 1.02 bits per heavy atom. The van der Waals surface area contributed by atoms with E-state index in [1.54, 1.807) is 6.20 Å². The van der Waals surface area contributed by atoms with Gasteiger partial charge in [-0.2, -0.15) is 0 Å². The first-order valence-electron chi connectivity index (χ1n) is 14.5. The number of para-hydroxylation sites is 1. The number of carbonyl (C=O) groups excluding carboxylic acids is 3. The highest BCUT2D eigenvalue weighted by molar-refractivity contribution is 5.84. The Hall–Kier alpha value is -4.63. The number of carboxylic acids is 1. The molecular weight excluding hydrogens is 590 g/mol. The second kappa shape index (κ2) is 15.4. The van der Waals surface area contributed by atoms with Crippen LogP contribution >= 0.6 is 0 Å². The lowest BCUT2D eigenvalue weighted by Crippen LogP contribution is -2.66. The summed E-state index contributed by atoms with van der Waals surface area (Å²) in [6.07, 6.45) is -2.05. The summed E-state index contributed by atoms with van der Waals surface area (Å²) in [6, 6.07) is 8.50. The van der Waals surface area contributed by atoms with Gasteiger partial charge in [-0.25, -0.2) is 9.67 Å². The molecule has 0 radical (unpaired) electrons. The second-order valence-electron chi connectivity index (χ2n) is 10.6. The quantitative estimate of drug-likeness (QED) is 0.195. The highest BCUT2D eigenvalue weighted by Crippen LogP contribution is 2.29. The fourth-order valence-corrected chi connectivity index (χ4v) is 4.99. The van der Waals surface area contributed by atoms with Crippen LogP contribution in [0.3, 0.4) is 0 Å². The number of fused-ring (bicyclic) bond motifs is 1. The van der Waals surface area contributed by atoms with Crippen molar-refractivity contribution in [3.05, 3.63) is 47.9 Å². The number of benzene rings is 1. The molecular formula is C30H37N5O10. The number of aliphatic carboxylic acids is 1. The fraction of sp³-hybridized carbons (Fsp3) is 0.500. The standard InChI is InChI=1S/C30H37N5O10/c1-17-11-12-21-8-7-9-23(26(21)31-17)42-16-22-14-35(34-33-22)15-24-28(43-19(3)37)29(44-20(4)38)27(32-18(2)36)30(45-24)41-13-6-5-10-25(39)40/h7-9,11-12,14,24,27-30H,5-6,10,13,15-16H2,1-4H3,(H,32,36)(H,39,40)/t24?,27?,28-,29+,30-/m0/s1. The number of rotatable bonds is 14. The van der Waals surface area contributed by atoms with Gasteiger partial charge < -0.3 is 34.1 Å². The zero-order valence-electron chi connectivity index (χ0n) is 25.5. The first-order chi connectivity index (χ1) is 21.5. The molecule has 0 bridgehead atoms. The summed E-state index contributed by atoms with van der Waals surface area (Å²) in [5.74, 6) is -2.13. The first kappa shape index (κ1) is 33.3. The molecule has 0 spiro atoms. The van der Waals surface area contributed by atoms with E-state index in [1.807, 2.05) is 37.3 Å². The third kappa shape index (κ3) is 9.43. The van der Waals surface area contributed by atoms with Gasteiger partial charge in [-0.1, -0.05) is 23.4 Å². The third-order valence-electron chi connectivity index (χ3n) is 6.84. The maximum absolute atomic E-state index is 12.1. The van der Waals surface area contributed by atoms with Crippen molar-refractivity contribution in [3.63, 3.8) is 0 Å². The van der Waals surface area contributed by atoms with Gasteiger partial charge in [0.1, 0.15) is 35.7 Å². The Morgan fingerprint density at radius 3 is 2.49 bits per heavy atom. The lowest BCUT2D eigenvalue weighted by atomic mass is 9.95. The third-order valence-corrected chi connectivity index (χ3v) is 6.84. The molecule has 5 atom stereocenters. The lowest BCUT2D eigenvalue weighted by Gasteiger charge is -2.45. The molecule has 2 unspecified atom stereocenters. The highest BCUT2D eigenvalue weighted by atomic mass is 16.7. The molecule has 0 aliphatic carbocycles. The summed E-state index contributed by atoms with van der Waals surface area (Å²) in [5.41, 5.74) is 2.08. The first-order valence-corrected chi connectivity index (χ1v) is 14.5. The van der Waals surface area contributed by atoms with E-state index in [-0.39, 0.29) is 26.2 Å². The van der Waals surface area contributed by atoms with Crippen LogP contribution in [0, 0.1) is 6.92 Å². The van der Waals surface area contributed by atoms with Gasteiger partial charge in [0.05, 0.1) is 12.7 Å². The summed E-state index contributed by atoms with van der Waals surface area (Å²) in [6.45, 7) is 5.76. The van der Waals surface area contributed by atoms with Crippen molar-refractivity contribution in [2.45, 2.75) is 90.8 Å². The van der Waals surface area contributed by atoms with Crippen molar-refractivity contribution in [1.82, 2.24) is 25.3 Å². The van der Waals surface area contributed by atoms with Crippen LogP contribution in [0.4, 0.5) is 0 Å². The molecule has 15 heteroatoms. The molecule has 1 aromatic carbocycles. The SMILES string of the molecule is CC(=O)NC1[C@@H](OCCCCC(=O)O)OC(Cn2cc(COc3cccc4ccc(C)nc34)nn2)[C@H](OC(C)=O)[C@@H]1OC(C)=O. The van der Waals surface area contributed by atoms with E-state index in [0.29, 0.717) is 24.3 Å². The van der Waals surface area contributed by atoms with Crippen LogP contribution in [-0.2, 0) is 51.3 Å². The molecule has 3 aromatic rings. The molecule has 0 saturated carbocycles. The largest absolute Gasteiger partial charge is 0.485 e. The average molecular weight is 628 g/mol. The minimum atomic E-state index is -1.17. The molecule has 45 heavy (non-hydrogen) atoms. The van der Waals surface area contributed by atoms with Crippen LogP contribution in [0.15, 0.2) is 36.5 Å². The molecule has 1 aliphatic heterocycles. The van der Waals surface area contributed by atoms with Crippen LogP contribution in [0.25, 0.3) is 10.9 Å². The highest BCUT2D eigenvalue weighted by Gasteiger charge is 2.51. The number of carboxylic acid groups (broad SMARTS) is 1. The number of hydrogen-bond acceptors (Lipinski definition) is 12. The number of hydrogen-bond donors (Lipinski definition) is 2. The maximum Gasteiger partial charge on any atom is 0.303 e. The van der Waals surface area contributed by atoms with Crippen LogP contribution < -0.4 is 10.1 Å². The Bertz CT molecular complexity index is 1510. The molecule has 1 aliphatic rings. The molecule has 2 aromatic heterocycles. The number of aryl methyl sites for hydroxylation is 1. The predicted octanol–water partition coefficient (Wildman–Crippen LogP) is 2.08. The number of aromatic nitrogens is 4. The maximum atomic E-state index is 12.1. The Balaban J connectivity index is 1.53. The molecule has 242 valence electrons. The monoisotopic (exact) mass is 627 g/mol. The van der Waals surface area contributed by atoms with Crippen molar-refractivity contribution < 1.29 is 48.0 Å². The zero-order chi connectivity index (χ0) is 32.5.